The molecule has 0 amide bonds. The van der Waals surface area contributed by atoms with Gasteiger partial charge in [0, 0.05) is 7.11 Å². The quantitative estimate of drug-likeness (QED) is 0.737. The molecule has 0 unspecified atom stereocenters. The second-order valence-corrected chi connectivity index (χ2v) is 5.04. The molecular formula is C16H16N2OS. The number of methoxy groups -OCH3 is 1. The van der Waals surface area contributed by atoms with Crippen LogP contribution in [-0.2, 0) is 11.2 Å². The Kier molecular flexibility index (Phi) is 3.67. The van der Waals surface area contributed by atoms with Crippen LogP contribution in [0.25, 0.3) is 16.7 Å². The molecule has 102 valence electrons. The molecule has 0 aliphatic carbocycles. The van der Waals surface area contributed by atoms with Gasteiger partial charge < -0.3 is 9.72 Å². The first kappa shape index (κ1) is 13.1. The molecule has 20 heavy (non-hydrogen) atoms. The standard InChI is InChI=1S/C16H16N2OS/c1-19-11-10-12-6-2-4-8-14(12)18-15-9-5-3-7-13(15)17-16(18)20/h2-9H,10-11H2,1H3,(H,17,20). The van der Waals surface area contributed by atoms with Crippen LogP contribution in [0.5, 0.6) is 0 Å². The number of nitrogens with zero attached hydrogens (tertiary/aromatic N) is 1. The van der Waals surface area contributed by atoms with Crippen LogP contribution in [0.3, 0.4) is 0 Å². The van der Waals surface area contributed by atoms with Crippen molar-refractivity contribution in [1.29, 1.82) is 0 Å². The molecule has 1 aromatic heterocycles. The molecule has 0 aliphatic rings. The lowest BCUT2D eigenvalue weighted by Crippen LogP contribution is -2.02. The van der Waals surface area contributed by atoms with Gasteiger partial charge in [0.15, 0.2) is 4.77 Å². The lowest BCUT2D eigenvalue weighted by atomic mass is 10.1. The lowest BCUT2D eigenvalue weighted by Gasteiger charge is -2.11. The number of nitrogens with one attached hydrogen (secondary N) is 1. The molecule has 0 bridgehead atoms. The van der Waals surface area contributed by atoms with Gasteiger partial charge in [0.05, 0.1) is 23.3 Å². The number of aromatic amines is 1. The molecule has 0 aliphatic heterocycles. The zero-order chi connectivity index (χ0) is 13.9. The summed E-state index contributed by atoms with van der Waals surface area (Å²) in [6.45, 7) is 0.701. The third kappa shape index (κ3) is 2.28. The van der Waals surface area contributed by atoms with Crippen molar-refractivity contribution >= 4 is 23.3 Å². The van der Waals surface area contributed by atoms with E-state index in [-0.39, 0.29) is 0 Å². The van der Waals surface area contributed by atoms with E-state index in [1.54, 1.807) is 7.11 Å². The van der Waals surface area contributed by atoms with E-state index in [0.29, 0.717) is 6.61 Å². The monoisotopic (exact) mass is 284 g/mol. The van der Waals surface area contributed by atoms with Gasteiger partial charge in [-0.15, -0.1) is 0 Å². The highest BCUT2D eigenvalue weighted by atomic mass is 32.1. The zero-order valence-electron chi connectivity index (χ0n) is 11.3. The first-order valence-electron chi connectivity index (χ1n) is 6.58. The molecule has 1 N–H and O–H groups in total. The first-order chi connectivity index (χ1) is 9.81. The minimum Gasteiger partial charge on any atom is -0.384 e. The van der Waals surface area contributed by atoms with E-state index < -0.39 is 0 Å². The second kappa shape index (κ2) is 5.61. The summed E-state index contributed by atoms with van der Waals surface area (Å²) in [5.74, 6) is 0. The van der Waals surface area contributed by atoms with Crippen molar-refractivity contribution in [3.8, 4) is 5.69 Å². The molecule has 4 heteroatoms. The van der Waals surface area contributed by atoms with E-state index in [0.717, 1.165) is 27.9 Å². The highest BCUT2D eigenvalue weighted by Gasteiger charge is 2.09. The van der Waals surface area contributed by atoms with Gasteiger partial charge in [-0.2, -0.15) is 0 Å². The van der Waals surface area contributed by atoms with Gasteiger partial charge in [0.1, 0.15) is 0 Å². The Morgan fingerprint density at radius 3 is 2.70 bits per heavy atom. The van der Waals surface area contributed by atoms with Crippen LogP contribution in [0.4, 0.5) is 0 Å². The van der Waals surface area contributed by atoms with Gasteiger partial charge in [0.2, 0.25) is 0 Å². The molecule has 3 aromatic rings. The summed E-state index contributed by atoms with van der Waals surface area (Å²) in [4.78, 5) is 3.26. The molecule has 0 saturated carbocycles. The Hall–Kier alpha value is -1.91. The van der Waals surface area contributed by atoms with E-state index in [1.807, 2.05) is 30.3 Å². The fraction of sp³-hybridized carbons (Fsp3) is 0.188. The van der Waals surface area contributed by atoms with Crippen LogP contribution < -0.4 is 0 Å². The average molecular weight is 284 g/mol. The number of benzene rings is 2. The lowest BCUT2D eigenvalue weighted by molar-refractivity contribution is 0.202. The normalized spacial score (nSPS) is 11.1. The summed E-state index contributed by atoms with van der Waals surface area (Å²) < 4.78 is 8.00. The number of para-hydroxylation sites is 3. The molecular weight excluding hydrogens is 268 g/mol. The number of H-pyrrole nitrogens is 1. The molecule has 0 fully saturated rings. The van der Waals surface area contributed by atoms with Crippen molar-refractivity contribution in [2.24, 2.45) is 0 Å². The van der Waals surface area contributed by atoms with Crippen LogP contribution in [0.1, 0.15) is 5.56 Å². The van der Waals surface area contributed by atoms with Gasteiger partial charge in [-0.1, -0.05) is 30.3 Å². The van der Waals surface area contributed by atoms with Crippen molar-refractivity contribution in [1.82, 2.24) is 9.55 Å². The zero-order valence-corrected chi connectivity index (χ0v) is 12.1. The Morgan fingerprint density at radius 1 is 1.10 bits per heavy atom. The number of imidazole rings is 1. The van der Waals surface area contributed by atoms with Gasteiger partial charge in [-0.3, -0.25) is 4.57 Å². The van der Waals surface area contributed by atoms with E-state index in [1.165, 1.54) is 5.56 Å². The smallest absolute Gasteiger partial charge is 0.182 e. The van der Waals surface area contributed by atoms with Crippen molar-refractivity contribution < 1.29 is 4.74 Å². The van der Waals surface area contributed by atoms with Crippen LogP contribution in [-0.4, -0.2) is 23.3 Å². The van der Waals surface area contributed by atoms with Crippen molar-refractivity contribution in [2.75, 3.05) is 13.7 Å². The number of ether oxygens (including phenoxy) is 1. The summed E-state index contributed by atoms with van der Waals surface area (Å²) in [7, 11) is 1.72. The fourth-order valence-corrected chi connectivity index (χ4v) is 2.75. The maximum atomic E-state index is 5.48. The SMILES string of the molecule is COCCc1ccccc1-n1c(=S)[nH]c2ccccc21. The van der Waals surface area contributed by atoms with Crippen LogP contribution in [0.2, 0.25) is 0 Å². The largest absolute Gasteiger partial charge is 0.384 e. The third-order valence-corrected chi connectivity index (χ3v) is 3.68. The first-order valence-corrected chi connectivity index (χ1v) is 6.99. The number of fused-ring (bicyclic) bond motifs is 1. The van der Waals surface area contributed by atoms with Gasteiger partial charge in [-0.25, -0.2) is 0 Å². The van der Waals surface area contributed by atoms with Gasteiger partial charge in [-0.05, 0) is 42.4 Å². The molecule has 3 nitrogen and oxygen atoms in total. The predicted octanol–water partition coefficient (Wildman–Crippen LogP) is 3.88. The molecule has 0 atom stereocenters. The molecule has 0 radical (unpaired) electrons. The van der Waals surface area contributed by atoms with E-state index >= 15 is 0 Å². The predicted molar refractivity (Wildman–Crippen MR) is 84.0 cm³/mol. The Morgan fingerprint density at radius 2 is 1.85 bits per heavy atom. The minimum atomic E-state index is 0.701. The highest BCUT2D eigenvalue weighted by Crippen LogP contribution is 2.22. The van der Waals surface area contributed by atoms with Crippen LogP contribution >= 0.6 is 12.2 Å². The summed E-state index contributed by atoms with van der Waals surface area (Å²) in [6.07, 6.45) is 0.869. The van der Waals surface area contributed by atoms with E-state index in [4.69, 9.17) is 17.0 Å². The fourth-order valence-electron chi connectivity index (χ4n) is 2.45. The molecule has 3 rings (SSSR count). The second-order valence-electron chi connectivity index (χ2n) is 4.65. The number of hydrogen-bond acceptors (Lipinski definition) is 2. The van der Waals surface area contributed by atoms with Gasteiger partial charge >= 0.3 is 0 Å². The minimum absolute atomic E-state index is 0.701. The average Bonchev–Trinajstić information content (AvgIpc) is 2.81. The number of aromatic nitrogens is 2. The molecule has 0 saturated heterocycles. The maximum Gasteiger partial charge on any atom is 0.182 e. The Labute approximate surface area is 122 Å². The Bertz CT molecular complexity index is 788. The number of rotatable bonds is 4. The van der Waals surface area contributed by atoms with Crippen molar-refractivity contribution in [2.45, 2.75) is 6.42 Å². The summed E-state index contributed by atoms with van der Waals surface area (Å²) in [5, 5.41) is 0. The highest BCUT2D eigenvalue weighted by molar-refractivity contribution is 7.71. The van der Waals surface area contributed by atoms with Crippen molar-refractivity contribution in [3.05, 3.63) is 58.9 Å². The van der Waals surface area contributed by atoms with Crippen molar-refractivity contribution in [3.63, 3.8) is 0 Å². The molecule has 2 aromatic carbocycles. The summed E-state index contributed by atoms with van der Waals surface area (Å²) in [6, 6.07) is 16.5. The summed E-state index contributed by atoms with van der Waals surface area (Å²) in [5.41, 5.74) is 4.50. The van der Waals surface area contributed by atoms with Crippen LogP contribution in [0.15, 0.2) is 48.5 Å². The third-order valence-electron chi connectivity index (χ3n) is 3.40. The van der Waals surface area contributed by atoms with Gasteiger partial charge in [0.25, 0.3) is 0 Å². The summed E-state index contributed by atoms with van der Waals surface area (Å²) >= 11 is 5.48. The van der Waals surface area contributed by atoms with Crippen LogP contribution in [0, 0.1) is 4.77 Å². The number of hydrogen-bond donors (Lipinski definition) is 1. The molecule has 1 heterocycles. The van der Waals surface area contributed by atoms with E-state index in [9.17, 15) is 0 Å². The maximum absolute atomic E-state index is 5.48. The van der Waals surface area contributed by atoms with E-state index in [2.05, 4.69) is 27.8 Å². The Balaban J connectivity index is 2.21. The topological polar surface area (TPSA) is 29.9 Å². The molecule has 0 spiro atoms.